The van der Waals surface area contributed by atoms with Crippen LogP contribution in [0, 0.1) is 6.92 Å². The molecule has 0 aliphatic carbocycles. The fourth-order valence-corrected chi connectivity index (χ4v) is 3.51. The lowest BCUT2D eigenvalue weighted by atomic mass is 10.2. The molecule has 0 unspecified atom stereocenters. The predicted octanol–water partition coefficient (Wildman–Crippen LogP) is 5.40. The van der Waals surface area contributed by atoms with Crippen LogP contribution < -0.4 is 14.8 Å². The van der Waals surface area contributed by atoms with Crippen molar-refractivity contribution in [2.24, 2.45) is 0 Å². The van der Waals surface area contributed by atoms with Crippen LogP contribution in [0.1, 0.15) is 16.3 Å². The normalized spacial score (nSPS) is 10.5. The molecule has 0 spiro atoms. The van der Waals surface area contributed by atoms with Gasteiger partial charge in [0.05, 0.1) is 12.1 Å². The van der Waals surface area contributed by atoms with Gasteiger partial charge in [0.15, 0.2) is 0 Å². The second kappa shape index (κ2) is 9.86. The molecule has 0 radical (unpaired) electrons. The van der Waals surface area contributed by atoms with Crippen molar-refractivity contribution in [1.82, 2.24) is 9.97 Å². The Morgan fingerprint density at radius 1 is 1.00 bits per heavy atom. The zero-order valence-electron chi connectivity index (χ0n) is 16.9. The minimum atomic E-state index is -0.192. The molecule has 4 aromatic rings. The van der Waals surface area contributed by atoms with Gasteiger partial charge in [0.2, 0.25) is 11.8 Å². The molecule has 0 atom stereocenters. The lowest BCUT2D eigenvalue weighted by molar-refractivity contribution is -0.115. The number of nitrogens with one attached hydrogen (secondary N) is 1. The highest BCUT2D eigenvalue weighted by molar-refractivity contribution is 7.09. The molecule has 2 aromatic heterocycles. The summed E-state index contributed by atoms with van der Waals surface area (Å²) in [5.41, 5.74) is 2.38. The zero-order valence-corrected chi connectivity index (χ0v) is 17.8. The van der Waals surface area contributed by atoms with E-state index in [4.69, 9.17) is 9.47 Å². The van der Waals surface area contributed by atoms with Crippen molar-refractivity contribution in [3.63, 3.8) is 0 Å². The first-order valence-corrected chi connectivity index (χ1v) is 10.6. The van der Waals surface area contributed by atoms with Gasteiger partial charge in [-0.3, -0.25) is 4.79 Å². The largest absolute Gasteiger partial charge is 0.486 e. The number of benzene rings is 2. The van der Waals surface area contributed by atoms with E-state index in [2.05, 4.69) is 15.3 Å². The van der Waals surface area contributed by atoms with Crippen molar-refractivity contribution in [3.8, 4) is 17.4 Å². The summed E-state index contributed by atoms with van der Waals surface area (Å²) in [5, 5.41) is 5.55. The number of ether oxygens (including phenoxy) is 2. The van der Waals surface area contributed by atoms with Crippen LogP contribution in [0.15, 0.2) is 78.3 Å². The molecule has 0 saturated carbocycles. The summed E-state index contributed by atoms with van der Waals surface area (Å²) in [5.74, 6) is 1.59. The van der Waals surface area contributed by atoms with E-state index in [1.165, 1.54) is 16.9 Å². The van der Waals surface area contributed by atoms with Gasteiger partial charge in [0, 0.05) is 11.6 Å². The van der Waals surface area contributed by atoms with Gasteiger partial charge in [-0.1, -0.05) is 35.9 Å². The van der Waals surface area contributed by atoms with Crippen molar-refractivity contribution in [2.75, 3.05) is 5.32 Å². The number of nitrogens with zero attached hydrogens (tertiary/aromatic N) is 2. The molecule has 2 heterocycles. The average molecular weight is 432 g/mol. The molecule has 1 N–H and O–H groups in total. The fraction of sp³-hybridized carbons (Fsp3) is 0.125. The summed E-state index contributed by atoms with van der Waals surface area (Å²) in [6.45, 7) is 2.40. The van der Waals surface area contributed by atoms with Crippen LogP contribution in [0.5, 0.6) is 17.4 Å². The molecule has 0 saturated heterocycles. The van der Waals surface area contributed by atoms with Crippen molar-refractivity contribution in [2.45, 2.75) is 20.0 Å². The Hall–Kier alpha value is -3.71. The van der Waals surface area contributed by atoms with Crippen LogP contribution in [0.2, 0.25) is 0 Å². The lowest BCUT2D eigenvalue weighted by Crippen LogP contribution is -2.15. The number of amides is 1. The first-order chi connectivity index (χ1) is 15.2. The highest BCUT2D eigenvalue weighted by Gasteiger charge is 2.12. The van der Waals surface area contributed by atoms with Crippen molar-refractivity contribution in [1.29, 1.82) is 0 Å². The number of carbonyl (C=O) groups excluding carboxylic acids is 1. The molecule has 0 fully saturated rings. The van der Waals surface area contributed by atoms with Gasteiger partial charge in [0.25, 0.3) is 0 Å². The second-order valence-corrected chi connectivity index (χ2v) is 7.77. The number of para-hydroxylation sites is 1. The maximum atomic E-state index is 12.5. The third kappa shape index (κ3) is 5.90. The van der Waals surface area contributed by atoms with E-state index < -0.39 is 0 Å². The SMILES string of the molecule is Cc1ccc(OCc2nc(CC(=O)Nc3cccnc3Oc3ccccc3)cs2)cc1. The van der Waals surface area contributed by atoms with E-state index in [1.807, 2.05) is 66.9 Å². The molecule has 7 heteroatoms. The molecule has 2 aromatic carbocycles. The molecule has 31 heavy (non-hydrogen) atoms. The van der Waals surface area contributed by atoms with Crippen molar-refractivity contribution in [3.05, 3.63) is 94.6 Å². The molecule has 0 aliphatic rings. The number of aryl methyl sites for hydroxylation is 1. The number of anilines is 1. The summed E-state index contributed by atoms with van der Waals surface area (Å²) in [4.78, 5) is 21.3. The van der Waals surface area contributed by atoms with Gasteiger partial charge in [-0.15, -0.1) is 11.3 Å². The Balaban J connectivity index is 1.34. The molecule has 156 valence electrons. The third-order valence-corrected chi connectivity index (χ3v) is 5.20. The van der Waals surface area contributed by atoms with Gasteiger partial charge in [-0.2, -0.15) is 0 Å². The monoisotopic (exact) mass is 431 g/mol. The molecule has 6 nitrogen and oxygen atoms in total. The second-order valence-electron chi connectivity index (χ2n) is 6.83. The Kier molecular flexibility index (Phi) is 6.54. The molecule has 0 bridgehead atoms. The Morgan fingerprint density at radius 2 is 1.81 bits per heavy atom. The summed E-state index contributed by atoms with van der Waals surface area (Å²) < 4.78 is 11.5. The summed E-state index contributed by atoms with van der Waals surface area (Å²) >= 11 is 1.47. The summed E-state index contributed by atoms with van der Waals surface area (Å²) in [7, 11) is 0. The number of hydrogen-bond acceptors (Lipinski definition) is 6. The average Bonchev–Trinajstić information content (AvgIpc) is 3.22. The minimum Gasteiger partial charge on any atom is -0.486 e. The number of pyridine rings is 1. The van der Waals surface area contributed by atoms with E-state index >= 15 is 0 Å². The number of hydrogen-bond donors (Lipinski definition) is 1. The first kappa shape index (κ1) is 20.6. The van der Waals surface area contributed by atoms with E-state index in [9.17, 15) is 4.79 Å². The van der Waals surface area contributed by atoms with E-state index in [-0.39, 0.29) is 12.3 Å². The molecular formula is C24H21N3O3S. The molecular weight excluding hydrogens is 410 g/mol. The predicted molar refractivity (Wildman–Crippen MR) is 121 cm³/mol. The third-order valence-electron chi connectivity index (χ3n) is 4.33. The summed E-state index contributed by atoms with van der Waals surface area (Å²) in [6, 6.07) is 20.7. The van der Waals surface area contributed by atoms with Gasteiger partial charge in [-0.25, -0.2) is 9.97 Å². The van der Waals surface area contributed by atoms with Crippen LogP contribution in [-0.4, -0.2) is 15.9 Å². The van der Waals surface area contributed by atoms with E-state index in [0.717, 1.165) is 10.8 Å². The van der Waals surface area contributed by atoms with Crippen molar-refractivity contribution >= 4 is 22.9 Å². The van der Waals surface area contributed by atoms with Crippen LogP contribution >= 0.6 is 11.3 Å². The zero-order chi connectivity index (χ0) is 21.5. The Labute approximate surface area is 184 Å². The number of aromatic nitrogens is 2. The van der Waals surface area contributed by atoms with Gasteiger partial charge in [-0.05, 0) is 43.3 Å². The molecule has 1 amide bonds. The van der Waals surface area contributed by atoms with Crippen LogP contribution in [0.4, 0.5) is 5.69 Å². The van der Waals surface area contributed by atoms with Crippen LogP contribution in [-0.2, 0) is 17.8 Å². The number of rotatable bonds is 8. The highest BCUT2D eigenvalue weighted by atomic mass is 32.1. The Bertz CT molecular complexity index is 1140. The highest BCUT2D eigenvalue weighted by Crippen LogP contribution is 2.26. The standard InChI is InChI=1S/C24H21N3O3S/c1-17-9-11-19(12-10-17)29-15-23-26-18(16-31-23)14-22(28)27-21-8-5-13-25-24(21)30-20-6-3-2-4-7-20/h2-13,16H,14-15H2,1H3,(H,27,28). The minimum absolute atomic E-state index is 0.153. The maximum absolute atomic E-state index is 12.5. The van der Waals surface area contributed by atoms with Gasteiger partial charge < -0.3 is 14.8 Å². The molecule has 0 aliphatic heterocycles. The lowest BCUT2D eigenvalue weighted by Gasteiger charge is -2.10. The Morgan fingerprint density at radius 3 is 2.61 bits per heavy atom. The maximum Gasteiger partial charge on any atom is 0.243 e. The molecule has 4 rings (SSSR count). The summed E-state index contributed by atoms with van der Waals surface area (Å²) in [6.07, 6.45) is 1.77. The van der Waals surface area contributed by atoms with Crippen LogP contribution in [0.25, 0.3) is 0 Å². The van der Waals surface area contributed by atoms with E-state index in [0.29, 0.717) is 29.6 Å². The number of carbonyl (C=O) groups is 1. The number of thiazole rings is 1. The van der Waals surface area contributed by atoms with Gasteiger partial charge >= 0.3 is 0 Å². The smallest absolute Gasteiger partial charge is 0.243 e. The van der Waals surface area contributed by atoms with Crippen molar-refractivity contribution < 1.29 is 14.3 Å². The van der Waals surface area contributed by atoms with Gasteiger partial charge in [0.1, 0.15) is 28.8 Å². The topological polar surface area (TPSA) is 73.3 Å². The quantitative estimate of drug-likeness (QED) is 0.404. The fourth-order valence-electron chi connectivity index (χ4n) is 2.80. The van der Waals surface area contributed by atoms with Crippen LogP contribution in [0.3, 0.4) is 0 Å². The first-order valence-electron chi connectivity index (χ1n) is 9.76. The van der Waals surface area contributed by atoms with E-state index in [1.54, 1.807) is 18.3 Å².